The minimum atomic E-state index is -0.241. The van der Waals surface area contributed by atoms with Gasteiger partial charge in [-0.2, -0.15) is 0 Å². The molecule has 144 valence electrons. The highest BCUT2D eigenvalue weighted by atomic mass is 35.5. The Morgan fingerprint density at radius 2 is 1.66 bits per heavy atom. The van der Waals surface area contributed by atoms with Crippen LogP contribution in [0.15, 0.2) is 66.7 Å². The highest BCUT2D eigenvalue weighted by molar-refractivity contribution is 6.36. The molecule has 4 rings (SSSR count). The van der Waals surface area contributed by atoms with Crippen molar-refractivity contribution in [2.45, 2.75) is 6.92 Å². The molecule has 1 heterocycles. The van der Waals surface area contributed by atoms with E-state index in [9.17, 15) is 4.79 Å². The maximum absolute atomic E-state index is 13.2. The van der Waals surface area contributed by atoms with Crippen LogP contribution in [0, 0.1) is 6.92 Å². The lowest BCUT2D eigenvalue weighted by Crippen LogP contribution is -2.15. The van der Waals surface area contributed by atoms with Gasteiger partial charge in [0, 0.05) is 26.7 Å². The molecule has 0 radical (unpaired) electrons. The molecule has 0 aliphatic heterocycles. The molecular weight excluding hydrogens is 427 g/mol. The molecule has 29 heavy (non-hydrogen) atoms. The van der Waals surface area contributed by atoms with Crippen LogP contribution in [0.25, 0.3) is 22.2 Å². The van der Waals surface area contributed by atoms with E-state index < -0.39 is 0 Å². The van der Waals surface area contributed by atoms with Gasteiger partial charge < -0.3 is 5.32 Å². The molecule has 0 aliphatic carbocycles. The highest BCUT2D eigenvalue weighted by Gasteiger charge is 2.20. The van der Waals surface area contributed by atoms with E-state index in [2.05, 4.69) is 5.32 Å². The summed E-state index contributed by atoms with van der Waals surface area (Å²) in [4.78, 5) is 18.0. The van der Waals surface area contributed by atoms with E-state index in [0.717, 1.165) is 16.5 Å². The summed E-state index contributed by atoms with van der Waals surface area (Å²) in [6, 6.07) is 19.8. The van der Waals surface area contributed by atoms with Crippen molar-refractivity contribution in [3.63, 3.8) is 0 Å². The Balaban J connectivity index is 1.90. The second-order valence-electron chi connectivity index (χ2n) is 6.57. The van der Waals surface area contributed by atoms with E-state index in [1.165, 1.54) is 0 Å². The normalized spacial score (nSPS) is 10.9. The lowest BCUT2D eigenvalue weighted by atomic mass is 9.97. The number of rotatable bonds is 3. The van der Waals surface area contributed by atoms with Crippen LogP contribution in [-0.2, 0) is 0 Å². The molecular formula is C23H15Cl3N2O. The molecule has 0 bridgehead atoms. The van der Waals surface area contributed by atoms with Gasteiger partial charge in [-0.15, -0.1) is 0 Å². The summed E-state index contributed by atoms with van der Waals surface area (Å²) >= 11 is 18.5. The van der Waals surface area contributed by atoms with Crippen molar-refractivity contribution in [1.29, 1.82) is 0 Å². The number of para-hydroxylation sites is 1. The third kappa shape index (κ3) is 3.95. The van der Waals surface area contributed by atoms with Gasteiger partial charge in [0.1, 0.15) is 0 Å². The monoisotopic (exact) mass is 440 g/mol. The van der Waals surface area contributed by atoms with Crippen LogP contribution < -0.4 is 5.32 Å². The lowest BCUT2D eigenvalue weighted by molar-refractivity contribution is 0.102. The fraction of sp³-hybridized carbons (Fsp3) is 0.0435. The van der Waals surface area contributed by atoms with E-state index in [0.29, 0.717) is 37.5 Å². The summed E-state index contributed by atoms with van der Waals surface area (Å²) in [6.07, 6.45) is 0. The molecule has 1 amide bonds. The second kappa shape index (κ2) is 8.03. The Kier molecular flexibility index (Phi) is 5.46. The topological polar surface area (TPSA) is 42.0 Å². The number of nitrogens with one attached hydrogen (secondary N) is 1. The minimum absolute atomic E-state index is 0.241. The van der Waals surface area contributed by atoms with Crippen molar-refractivity contribution >= 4 is 57.3 Å². The molecule has 0 unspecified atom stereocenters. The van der Waals surface area contributed by atoms with Gasteiger partial charge in [-0.1, -0.05) is 59.1 Å². The molecule has 0 aliphatic rings. The predicted octanol–water partition coefficient (Wildman–Crippen LogP) is 7.42. The van der Waals surface area contributed by atoms with Gasteiger partial charge in [-0.3, -0.25) is 4.79 Å². The fourth-order valence-corrected chi connectivity index (χ4v) is 3.99. The number of carbonyl (C=O) groups excluding carboxylic acids is 1. The molecule has 0 saturated carbocycles. The van der Waals surface area contributed by atoms with Crippen LogP contribution in [-0.4, -0.2) is 10.9 Å². The van der Waals surface area contributed by atoms with Gasteiger partial charge in [0.15, 0.2) is 0 Å². The second-order valence-corrected chi connectivity index (χ2v) is 7.85. The van der Waals surface area contributed by atoms with Gasteiger partial charge >= 0.3 is 0 Å². The predicted molar refractivity (Wildman–Crippen MR) is 121 cm³/mol. The van der Waals surface area contributed by atoms with Gasteiger partial charge in [-0.05, 0) is 55.0 Å². The number of fused-ring (bicyclic) bond motifs is 1. The number of pyridine rings is 1. The number of nitrogens with zero attached hydrogens (tertiary/aromatic N) is 1. The van der Waals surface area contributed by atoms with Crippen molar-refractivity contribution in [3.8, 4) is 11.3 Å². The number of anilines is 1. The van der Waals surface area contributed by atoms with Crippen LogP contribution in [0.1, 0.15) is 15.9 Å². The van der Waals surface area contributed by atoms with Gasteiger partial charge in [-0.25, -0.2) is 4.98 Å². The van der Waals surface area contributed by atoms with Crippen molar-refractivity contribution in [2.75, 3.05) is 5.32 Å². The van der Waals surface area contributed by atoms with E-state index in [4.69, 9.17) is 39.8 Å². The number of aromatic nitrogens is 1. The van der Waals surface area contributed by atoms with E-state index in [-0.39, 0.29) is 5.91 Å². The Morgan fingerprint density at radius 1 is 0.897 bits per heavy atom. The Hall–Kier alpha value is -2.59. The first-order valence-electron chi connectivity index (χ1n) is 8.86. The Bertz CT molecular complexity index is 1250. The van der Waals surface area contributed by atoms with Crippen LogP contribution in [0.4, 0.5) is 5.69 Å². The highest BCUT2D eigenvalue weighted by Crippen LogP contribution is 2.35. The largest absolute Gasteiger partial charge is 0.322 e. The molecule has 0 fully saturated rings. The Labute approximate surface area is 183 Å². The third-order valence-corrected chi connectivity index (χ3v) is 5.41. The zero-order valence-electron chi connectivity index (χ0n) is 15.3. The zero-order chi connectivity index (χ0) is 20.5. The van der Waals surface area contributed by atoms with Crippen LogP contribution in [0.5, 0.6) is 0 Å². The number of carbonyl (C=O) groups is 1. The molecule has 4 aromatic rings. The molecule has 1 N–H and O–H groups in total. The number of benzene rings is 3. The maximum atomic E-state index is 13.2. The van der Waals surface area contributed by atoms with E-state index in [1.54, 1.807) is 36.4 Å². The standard InChI is InChI=1S/C23H15Cl3N2O/c1-13-21(23(29)27-16-6-4-5-14(24)11-16)18-7-2-3-8-20(18)28-22(13)17-10-9-15(25)12-19(17)26/h2-12H,1H3,(H,27,29). The van der Waals surface area contributed by atoms with Crippen LogP contribution >= 0.6 is 34.8 Å². The Morgan fingerprint density at radius 3 is 2.41 bits per heavy atom. The third-order valence-electron chi connectivity index (χ3n) is 4.63. The number of hydrogen-bond donors (Lipinski definition) is 1. The van der Waals surface area contributed by atoms with E-state index >= 15 is 0 Å². The first kappa shape index (κ1) is 19.7. The first-order valence-corrected chi connectivity index (χ1v) is 9.99. The smallest absolute Gasteiger partial charge is 0.256 e. The maximum Gasteiger partial charge on any atom is 0.256 e. The minimum Gasteiger partial charge on any atom is -0.322 e. The first-order chi connectivity index (χ1) is 13.9. The van der Waals surface area contributed by atoms with Gasteiger partial charge in [0.2, 0.25) is 0 Å². The quantitative estimate of drug-likeness (QED) is 0.359. The molecule has 0 saturated heterocycles. The lowest BCUT2D eigenvalue weighted by Gasteiger charge is -2.16. The zero-order valence-corrected chi connectivity index (χ0v) is 17.6. The van der Waals surface area contributed by atoms with Crippen molar-refractivity contribution in [1.82, 2.24) is 4.98 Å². The molecule has 0 atom stereocenters. The SMILES string of the molecule is Cc1c(-c2ccc(Cl)cc2Cl)nc2ccccc2c1C(=O)Nc1cccc(Cl)c1. The number of halogens is 3. The van der Waals surface area contributed by atoms with E-state index in [1.807, 2.05) is 37.3 Å². The van der Waals surface area contributed by atoms with Crippen LogP contribution in [0.2, 0.25) is 15.1 Å². The average Bonchev–Trinajstić information content (AvgIpc) is 2.68. The summed E-state index contributed by atoms with van der Waals surface area (Å²) in [5, 5.41) is 5.25. The summed E-state index contributed by atoms with van der Waals surface area (Å²) in [5.74, 6) is -0.241. The number of hydrogen-bond acceptors (Lipinski definition) is 2. The molecule has 3 aromatic carbocycles. The van der Waals surface area contributed by atoms with Crippen molar-refractivity contribution in [3.05, 3.63) is 92.9 Å². The molecule has 1 aromatic heterocycles. The number of amides is 1. The van der Waals surface area contributed by atoms with Gasteiger partial charge in [0.25, 0.3) is 5.91 Å². The fourth-order valence-electron chi connectivity index (χ4n) is 3.30. The summed E-state index contributed by atoms with van der Waals surface area (Å²) in [6.45, 7) is 1.87. The summed E-state index contributed by atoms with van der Waals surface area (Å²) in [7, 11) is 0. The van der Waals surface area contributed by atoms with Crippen LogP contribution in [0.3, 0.4) is 0 Å². The van der Waals surface area contributed by atoms with Gasteiger partial charge in [0.05, 0.1) is 21.8 Å². The average molecular weight is 442 g/mol. The molecule has 3 nitrogen and oxygen atoms in total. The van der Waals surface area contributed by atoms with Crippen molar-refractivity contribution < 1.29 is 4.79 Å². The summed E-state index contributed by atoms with van der Waals surface area (Å²) < 4.78 is 0. The molecule has 0 spiro atoms. The van der Waals surface area contributed by atoms with Crippen molar-refractivity contribution in [2.24, 2.45) is 0 Å². The molecule has 6 heteroatoms. The summed E-state index contributed by atoms with van der Waals surface area (Å²) in [5.41, 5.74) is 3.95.